The molecule has 0 radical (unpaired) electrons. The number of hydrogen-bond acceptors (Lipinski definition) is 5. The number of ether oxygens (including phenoxy) is 1. The van der Waals surface area contributed by atoms with Gasteiger partial charge in [-0.15, -0.1) is 6.42 Å². The quantitative estimate of drug-likeness (QED) is 0.280. The van der Waals surface area contributed by atoms with Crippen LogP contribution in [0.5, 0.6) is 0 Å². The molecule has 0 unspecified atom stereocenters. The summed E-state index contributed by atoms with van der Waals surface area (Å²) in [4.78, 5) is 44.7. The monoisotopic (exact) mass is 494 g/mol. The van der Waals surface area contributed by atoms with Gasteiger partial charge in [-0.25, -0.2) is 0 Å². The normalized spacial score (nSPS) is 12.3. The summed E-state index contributed by atoms with van der Waals surface area (Å²) >= 11 is 0. The van der Waals surface area contributed by atoms with E-state index in [0.29, 0.717) is 13.2 Å². The van der Waals surface area contributed by atoms with Crippen LogP contribution < -0.4 is 5.32 Å². The number of imide groups is 1. The van der Waals surface area contributed by atoms with Crippen molar-refractivity contribution in [1.82, 2.24) is 10.2 Å². The summed E-state index contributed by atoms with van der Waals surface area (Å²) in [6, 6.07) is 0. The number of carbonyl (C=O) groups is 3. The minimum absolute atomic E-state index is 0. The van der Waals surface area contributed by atoms with Gasteiger partial charge >= 0.3 is 21.1 Å². The van der Waals surface area contributed by atoms with Crippen molar-refractivity contribution in [2.45, 2.75) is 26.7 Å². The van der Waals surface area contributed by atoms with Crippen molar-refractivity contribution in [2.24, 2.45) is 0 Å². The van der Waals surface area contributed by atoms with E-state index < -0.39 is 11.8 Å². The predicted octanol–water partition coefficient (Wildman–Crippen LogP) is 0.162. The predicted molar refractivity (Wildman–Crippen MR) is 80.3 cm³/mol. The van der Waals surface area contributed by atoms with Crippen LogP contribution in [0.25, 0.3) is 0 Å². The van der Waals surface area contributed by atoms with Gasteiger partial charge in [0.2, 0.25) is 5.91 Å². The summed E-state index contributed by atoms with van der Waals surface area (Å²) in [5.74, 6) is -1.06. The molecule has 0 aromatic rings. The van der Waals surface area contributed by atoms with Crippen molar-refractivity contribution < 1.29 is 45.0 Å². The van der Waals surface area contributed by atoms with E-state index >= 15 is 0 Å². The van der Waals surface area contributed by atoms with Gasteiger partial charge in [-0.1, -0.05) is 0 Å². The van der Waals surface area contributed by atoms with Crippen molar-refractivity contribution in [2.75, 3.05) is 26.3 Å². The topological polar surface area (TPSA) is 92.8 Å². The molecule has 1 rings (SSSR count). The summed E-state index contributed by atoms with van der Waals surface area (Å²) in [6.45, 7) is 4.97. The minimum Gasteiger partial charge on any atom is -0.542 e. The first kappa shape index (κ1) is 23.9. The van der Waals surface area contributed by atoms with Gasteiger partial charge in [0, 0.05) is 38.3 Å². The van der Waals surface area contributed by atoms with Crippen LogP contribution in [0.2, 0.25) is 0 Å². The number of carbonyl (C=O) groups excluding carboxylic acids is 4. The summed E-state index contributed by atoms with van der Waals surface area (Å²) < 4.78 is 5.03. The van der Waals surface area contributed by atoms with Gasteiger partial charge in [0.1, 0.15) is 0 Å². The molecule has 128 valence electrons. The Labute approximate surface area is 151 Å². The molecule has 0 aliphatic carbocycles. The zero-order valence-corrected chi connectivity index (χ0v) is 16.3. The fraction of sp³-hybridized carbons (Fsp3) is 0.533. The average Bonchev–Trinajstić information content (AvgIpc) is 2.80. The summed E-state index contributed by atoms with van der Waals surface area (Å²) in [5.41, 5.74) is 0. The Bertz CT molecular complexity index is 395. The molecule has 1 aliphatic heterocycles. The maximum atomic E-state index is 11.4. The number of nitrogens with zero attached hydrogens (tertiary/aromatic N) is 1. The first-order valence-electron chi connectivity index (χ1n) is 7.03. The molecule has 0 fully saturated rings. The molecule has 8 heteroatoms. The third-order valence-electron chi connectivity index (χ3n) is 2.38. The molecule has 0 saturated heterocycles. The number of amides is 3. The third kappa shape index (κ3) is 11.8. The van der Waals surface area contributed by atoms with Crippen LogP contribution in [0.3, 0.4) is 0 Å². The van der Waals surface area contributed by atoms with Crippen molar-refractivity contribution in [3.63, 3.8) is 0 Å². The van der Waals surface area contributed by atoms with Gasteiger partial charge in [-0.3, -0.25) is 25.6 Å². The van der Waals surface area contributed by atoms with E-state index in [1.807, 2.05) is 20.3 Å². The second-order valence-electron chi connectivity index (χ2n) is 4.35. The van der Waals surface area contributed by atoms with Gasteiger partial charge in [0.25, 0.3) is 11.8 Å². The first-order chi connectivity index (χ1) is 10.6. The summed E-state index contributed by atoms with van der Waals surface area (Å²) in [6.07, 6.45) is 6.31. The molecule has 1 aliphatic rings. The number of nitrogens with one attached hydrogen (secondary N) is 1. The van der Waals surface area contributed by atoms with Crippen LogP contribution in [0.4, 0.5) is 0 Å². The zero-order valence-electron chi connectivity index (χ0n) is 13.4. The van der Waals surface area contributed by atoms with Crippen LogP contribution in [0.15, 0.2) is 12.2 Å². The van der Waals surface area contributed by atoms with E-state index in [4.69, 9.17) is 4.74 Å². The van der Waals surface area contributed by atoms with E-state index in [9.17, 15) is 19.2 Å². The van der Waals surface area contributed by atoms with E-state index in [1.54, 1.807) is 6.29 Å². The number of rotatable bonds is 9. The van der Waals surface area contributed by atoms with Crippen molar-refractivity contribution in [3.05, 3.63) is 18.6 Å². The molecule has 0 atom stereocenters. The molecule has 0 saturated carbocycles. The molecule has 1 N–H and O–H groups in total. The van der Waals surface area contributed by atoms with Gasteiger partial charge in [0.05, 0.1) is 6.61 Å². The molecule has 7 nitrogen and oxygen atoms in total. The van der Waals surface area contributed by atoms with Gasteiger partial charge in [0.15, 0.2) is 0 Å². The van der Waals surface area contributed by atoms with Crippen LogP contribution >= 0.6 is 0 Å². The molecular weight excluding hydrogens is 472 g/mol. The summed E-state index contributed by atoms with van der Waals surface area (Å²) in [7, 11) is 0. The van der Waals surface area contributed by atoms with Gasteiger partial charge in [-0.05, 0) is 0 Å². The molecule has 0 spiro atoms. The Hall–Kier alpha value is -1.33. The molecular formula is C15H22N2O5W. The maximum Gasteiger partial charge on any atom is 2.00 e. The smallest absolute Gasteiger partial charge is 0.542 e. The second kappa shape index (κ2) is 15.6. The Morgan fingerprint density at radius 1 is 1.26 bits per heavy atom. The van der Waals surface area contributed by atoms with Crippen molar-refractivity contribution in [3.8, 4) is 0 Å². The average molecular weight is 494 g/mol. The van der Waals surface area contributed by atoms with Crippen LogP contribution in [0, 0.1) is 6.42 Å². The fourth-order valence-corrected chi connectivity index (χ4v) is 1.43. The van der Waals surface area contributed by atoms with Crippen LogP contribution in [-0.4, -0.2) is 55.2 Å². The van der Waals surface area contributed by atoms with Crippen LogP contribution in [-0.2, 0) is 45.0 Å². The van der Waals surface area contributed by atoms with Gasteiger partial charge < -0.3 is 21.3 Å². The Morgan fingerprint density at radius 2 is 1.83 bits per heavy atom. The maximum absolute atomic E-state index is 11.4. The summed E-state index contributed by atoms with van der Waals surface area (Å²) in [5, 5.41) is 2.58. The largest absolute Gasteiger partial charge is 2.00 e. The molecule has 0 aromatic heterocycles. The molecule has 23 heavy (non-hydrogen) atoms. The first-order valence-corrected chi connectivity index (χ1v) is 7.03. The van der Waals surface area contributed by atoms with E-state index in [1.165, 1.54) is 12.2 Å². The van der Waals surface area contributed by atoms with Crippen molar-refractivity contribution in [1.29, 1.82) is 0 Å². The minimum atomic E-state index is -0.397. The SMILES string of the molecule is C[CH-]C.O=[C-]CCOCCNC(=O)CCN1C(=O)C=CC1=O.[W+2]. The van der Waals surface area contributed by atoms with Crippen LogP contribution in [0.1, 0.15) is 26.7 Å². The molecule has 3 amide bonds. The van der Waals surface area contributed by atoms with E-state index in [-0.39, 0.29) is 53.0 Å². The van der Waals surface area contributed by atoms with E-state index in [0.717, 1.165) is 4.90 Å². The number of hydrogen-bond donors (Lipinski definition) is 1. The second-order valence-corrected chi connectivity index (χ2v) is 4.35. The fourth-order valence-electron chi connectivity index (χ4n) is 1.43. The Morgan fingerprint density at radius 3 is 2.35 bits per heavy atom. The molecule has 0 bridgehead atoms. The van der Waals surface area contributed by atoms with Gasteiger partial charge in [-0.2, -0.15) is 13.8 Å². The molecule has 1 heterocycles. The zero-order chi connectivity index (χ0) is 16.8. The van der Waals surface area contributed by atoms with E-state index in [2.05, 4.69) is 5.32 Å². The Balaban J connectivity index is 0. The third-order valence-corrected chi connectivity index (χ3v) is 2.38. The molecule has 0 aromatic carbocycles. The standard InChI is InChI=1S/C12H15N2O5.C3H7.W/c15-7-1-8-19-9-5-13-10(16)4-6-14-11(17)2-3-12(14)18;1-3-2;/h2-3H,1,4-6,8-9H2,(H,13,16);3H,1-2H3;/q2*-1;+2. The van der Waals surface area contributed by atoms with Crippen molar-refractivity contribution >= 4 is 24.0 Å². The Kier molecular flexibility index (Phi) is 16.2.